The van der Waals surface area contributed by atoms with Crippen LogP contribution in [-0.2, 0) is 16.6 Å². The minimum Gasteiger partial charge on any atom is -0.315 e. The third kappa shape index (κ3) is 3.35. The molecule has 4 nitrogen and oxygen atoms in total. The summed E-state index contributed by atoms with van der Waals surface area (Å²) in [4.78, 5) is 2.05. The Hall–Kier alpha value is -1.02. The molecule has 108 valence electrons. The fraction of sp³-hybridized carbons (Fsp3) is 0.231. The van der Waals surface area contributed by atoms with Crippen LogP contribution in [0, 0.1) is 0 Å². The van der Waals surface area contributed by atoms with Crippen LogP contribution in [0.3, 0.4) is 0 Å². The quantitative estimate of drug-likeness (QED) is 0.801. The molecule has 2 N–H and O–H groups in total. The second-order valence-corrected chi connectivity index (χ2v) is 7.54. The summed E-state index contributed by atoms with van der Waals surface area (Å²) < 4.78 is 27.6. The lowest BCUT2D eigenvalue weighted by molar-refractivity contribution is 0.600. The van der Waals surface area contributed by atoms with E-state index < -0.39 is 10.0 Å². The van der Waals surface area contributed by atoms with E-state index in [1.54, 1.807) is 24.6 Å². The Morgan fingerprint density at radius 1 is 1.25 bits per heavy atom. The predicted octanol–water partition coefficient (Wildman–Crippen LogP) is 2.99. The minimum absolute atomic E-state index is 0.341. The average Bonchev–Trinajstić information content (AvgIpc) is 2.88. The molecule has 0 saturated heterocycles. The first-order chi connectivity index (χ1) is 9.58. The summed E-state index contributed by atoms with van der Waals surface area (Å²) in [6, 6.07) is 9.01. The Kier molecular flexibility index (Phi) is 5.09. The number of nitrogens with one attached hydrogen (secondary N) is 2. The molecule has 0 spiro atoms. The molecule has 20 heavy (non-hydrogen) atoms. The molecule has 0 aliphatic rings. The maximum Gasteiger partial charge on any atom is 0.263 e. The van der Waals surface area contributed by atoms with Gasteiger partial charge in [0, 0.05) is 16.3 Å². The van der Waals surface area contributed by atoms with Crippen LogP contribution in [0.25, 0.3) is 0 Å². The van der Waals surface area contributed by atoms with Gasteiger partial charge < -0.3 is 5.32 Å². The van der Waals surface area contributed by atoms with Crippen molar-refractivity contribution >= 4 is 38.8 Å². The molecule has 1 aromatic heterocycles. The van der Waals surface area contributed by atoms with Crippen molar-refractivity contribution in [1.82, 2.24) is 5.32 Å². The third-order valence-corrected chi connectivity index (χ3v) is 5.98. The normalized spacial score (nSPS) is 11.5. The zero-order valence-electron chi connectivity index (χ0n) is 11.2. The Balaban J connectivity index is 2.33. The zero-order valence-corrected chi connectivity index (χ0v) is 13.7. The number of anilines is 1. The maximum atomic E-state index is 12.5. The Labute approximate surface area is 127 Å². The second-order valence-electron chi connectivity index (χ2n) is 4.04. The van der Waals surface area contributed by atoms with Crippen LogP contribution in [0.1, 0.15) is 4.88 Å². The van der Waals surface area contributed by atoms with Crippen LogP contribution in [0.4, 0.5) is 5.69 Å². The molecule has 0 aliphatic carbocycles. The van der Waals surface area contributed by atoms with E-state index >= 15 is 0 Å². The van der Waals surface area contributed by atoms with Crippen molar-refractivity contribution in [3.05, 3.63) is 40.6 Å². The molecule has 0 saturated carbocycles. The van der Waals surface area contributed by atoms with Crippen molar-refractivity contribution in [2.45, 2.75) is 16.3 Å². The molecule has 0 bridgehead atoms. The average molecular weight is 328 g/mol. The van der Waals surface area contributed by atoms with Crippen LogP contribution in [-0.4, -0.2) is 21.7 Å². The molecular formula is C13H16N2O2S3. The summed E-state index contributed by atoms with van der Waals surface area (Å²) in [5.74, 6) is 0. The molecule has 1 aromatic carbocycles. The Bertz CT molecular complexity index is 680. The highest BCUT2D eigenvalue weighted by Crippen LogP contribution is 2.29. The van der Waals surface area contributed by atoms with E-state index in [-0.39, 0.29) is 0 Å². The standard InChI is InChI=1S/C13H16N2O2S3/c1-14-9-12-13(7-8-19-12)20(16,17)15-10-5-3-4-6-11(10)18-2/h3-8,14-15H,9H2,1-2H3. The number of sulfonamides is 1. The molecule has 0 fully saturated rings. The molecule has 0 radical (unpaired) electrons. The number of benzene rings is 1. The minimum atomic E-state index is -3.55. The van der Waals surface area contributed by atoms with Crippen LogP contribution >= 0.6 is 23.1 Å². The van der Waals surface area contributed by atoms with Gasteiger partial charge in [0.1, 0.15) is 4.90 Å². The number of rotatable bonds is 6. The highest BCUT2D eigenvalue weighted by atomic mass is 32.2. The smallest absolute Gasteiger partial charge is 0.263 e. The second kappa shape index (κ2) is 6.62. The summed E-state index contributed by atoms with van der Waals surface area (Å²) in [5.41, 5.74) is 0.613. The lowest BCUT2D eigenvalue weighted by Gasteiger charge is -2.11. The molecular weight excluding hydrogens is 312 g/mol. The summed E-state index contributed by atoms with van der Waals surface area (Å²) in [7, 11) is -1.75. The molecule has 1 heterocycles. The Morgan fingerprint density at radius 3 is 2.70 bits per heavy atom. The number of thiophene rings is 1. The van der Waals surface area contributed by atoms with Gasteiger partial charge in [-0.3, -0.25) is 4.72 Å². The zero-order chi connectivity index (χ0) is 14.6. The van der Waals surface area contributed by atoms with Gasteiger partial charge in [-0.1, -0.05) is 12.1 Å². The maximum absolute atomic E-state index is 12.5. The van der Waals surface area contributed by atoms with Gasteiger partial charge in [-0.2, -0.15) is 0 Å². The van der Waals surface area contributed by atoms with Crippen molar-refractivity contribution in [2.24, 2.45) is 0 Å². The van der Waals surface area contributed by atoms with E-state index in [4.69, 9.17) is 0 Å². The van der Waals surface area contributed by atoms with Crippen molar-refractivity contribution in [1.29, 1.82) is 0 Å². The summed E-state index contributed by atoms with van der Waals surface area (Å²) in [5, 5.41) is 4.78. The van der Waals surface area contributed by atoms with E-state index in [2.05, 4.69) is 10.0 Å². The van der Waals surface area contributed by atoms with Gasteiger partial charge in [0.2, 0.25) is 0 Å². The van der Waals surface area contributed by atoms with E-state index in [1.165, 1.54) is 23.1 Å². The van der Waals surface area contributed by atoms with Crippen molar-refractivity contribution in [3.8, 4) is 0 Å². The first-order valence-electron chi connectivity index (χ1n) is 5.95. The summed E-state index contributed by atoms with van der Waals surface area (Å²) in [6.45, 7) is 0.540. The van der Waals surface area contributed by atoms with Crippen molar-refractivity contribution < 1.29 is 8.42 Å². The summed E-state index contributed by atoms with van der Waals surface area (Å²) >= 11 is 2.95. The van der Waals surface area contributed by atoms with Crippen molar-refractivity contribution in [3.63, 3.8) is 0 Å². The fourth-order valence-electron chi connectivity index (χ4n) is 1.79. The molecule has 0 unspecified atom stereocenters. The lowest BCUT2D eigenvalue weighted by atomic mass is 10.3. The summed E-state index contributed by atoms with van der Waals surface area (Å²) in [6.07, 6.45) is 1.92. The van der Waals surface area contributed by atoms with E-state index in [9.17, 15) is 8.42 Å². The van der Waals surface area contributed by atoms with E-state index in [0.29, 0.717) is 17.1 Å². The lowest BCUT2D eigenvalue weighted by Crippen LogP contribution is -2.16. The molecule has 2 aromatic rings. The molecule has 0 aliphatic heterocycles. The van der Waals surface area contributed by atoms with Crippen LogP contribution in [0.5, 0.6) is 0 Å². The molecule has 7 heteroatoms. The first-order valence-corrected chi connectivity index (χ1v) is 9.54. The molecule has 0 amide bonds. The van der Waals surface area contributed by atoms with Crippen LogP contribution in [0.2, 0.25) is 0 Å². The Morgan fingerprint density at radius 2 is 2.00 bits per heavy atom. The van der Waals surface area contributed by atoms with Crippen LogP contribution < -0.4 is 10.0 Å². The number of thioether (sulfide) groups is 1. The van der Waals surface area contributed by atoms with Gasteiger partial charge in [0.15, 0.2) is 0 Å². The van der Waals surface area contributed by atoms with Gasteiger partial charge >= 0.3 is 0 Å². The number of hydrogen-bond donors (Lipinski definition) is 2. The number of para-hydroxylation sites is 1. The number of hydrogen-bond acceptors (Lipinski definition) is 5. The van der Waals surface area contributed by atoms with E-state index in [0.717, 1.165) is 9.77 Å². The third-order valence-electron chi connectivity index (χ3n) is 2.68. The highest BCUT2D eigenvalue weighted by molar-refractivity contribution is 7.99. The first kappa shape index (κ1) is 15.4. The van der Waals surface area contributed by atoms with Gasteiger partial charge in [-0.15, -0.1) is 23.1 Å². The fourth-order valence-corrected chi connectivity index (χ4v) is 4.94. The van der Waals surface area contributed by atoms with Crippen LogP contribution in [0.15, 0.2) is 45.5 Å². The largest absolute Gasteiger partial charge is 0.315 e. The van der Waals surface area contributed by atoms with E-state index in [1.807, 2.05) is 24.5 Å². The topological polar surface area (TPSA) is 58.2 Å². The van der Waals surface area contributed by atoms with Gasteiger partial charge in [0.05, 0.1) is 5.69 Å². The van der Waals surface area contributed by atoms with Gasteiger partial charge in [0.25, 0.3) is 10.0 Å². The highest BCUT2D eigenvalue weighted by Gasteiger charge is 2.20. The molecule has 2 rings (SSSR count). The molecule has 0 atom stereocenters. The SMILES string of the molecule is CNCc1sccc1S(=O)(=O)Nc1ccccc1SC. The van der Waals surface area contributed by atoms with Crippen molar-refractivity contribution in [2.75, 3.05) is 18.0 Å². The van der Waals surface area contributed by atoms with Gasteiger partial charge in [-0.25, -0.2) is 8.42 Å². The monoisotopic (exact) mass is 328 g/mol. The van der Waals surface area contributed by atoms with Gasteiger partial charge in [-0.05, 0) is 36.9 Å². The predicted molar refractivity (Wildman–Crippen MR) is 86.1 cm³/mol.